The van der Waals surface area contributed by atoms with E-state index >= 15 is 0 Å². The van der Waals surface area contributed by atoms with Crippen LogP contribution in [0.25, 0.3) is 0 Å². The molecule has 0 bridgehead atoms. The fraction of sp³-hybridized carbons (Fsp3) is 0.438. The standard InChI is InChI=1S/C16H22N2O2.ClH/c1-3-10-20-14-6-4-13(5-7-14)15(19)18-9-8-16(2,11-17)12-18;/h3-7H,1,8-12,17H2,2H3;1H. The highest BCUT2D eigenvalue weighted by Crippen LogP contribution is 2.29. The summed E-state index contributed by atoms with van der Waals surface area (Å²) in [5.74, 6) is 0.812. The van der Waals surface area contributed by atoms with Gasteiger partial charge >= 0.3 is 0 Å². The maximum Gasteiger partial charge on any atom is 0.253 e. The average Bonchev–Trinajstić information content (AvgIpc) is 2.88. The van der Waals surface area contributed by atoms with Gasteiger partial charge in [0.05, 0.1) is 0 Å². The fourth-order valence-corrected chi connectivity index (χ4v) is 2.40. The number of ether oxygens (including phenoxy) is 1. The van der Waals surface area contributed by atoms with Gasteiger partial charge in [0.25, 0.3) is 5.91 Å². The molecule has 0 aromatic heterocycles. The largest absolute Gasteiger partial charge is 0.490 e. The van der Waals surface area contributed by atoms with Crippen LogP contribution in [0.15, 0.2) is 36.9 Å². The van der Waals surface area contributed by atoms with Crippen LogP contribution in [-0.4, -0.2) is 37.0 Å². The lowest BCUT2D eigenvalue weighted by Crippen LogP contribution is -2.34. The molecule has 21 heavy (non-hydrogen) atoms. The second kappa shape index (κ2) is 7.48. The Kier molecular flexibility index (Phi) is 6.24. The van der Waals surface area contributed by atoms with Crippen molar-refractivity contribution in [2.45, 2.75) is 13.3 Å². The highest BCUT2D eigenvalue weighted by Gasteiger charge is 2.35. The minimum absolute atomic E-state index is 0. The van der Waals surface area contributed by atoms with Crippen LogP contribution in [-0.2, 0) is 0 Å². The molecule has 116 valence electrons. The van der Waals surface area contributed by atoms with Gasteiger partial charge in [0.15, 0.2) is 0 Å². The second-order valence-electron chi connectivity index (χ2n) is 5.62. The molecule has 1 saturated heterocycles. The van der Waals surface area contributed by atoms with Gasteiger partial charge in [-0.25, -0.2) is 0 Å². The zero-order chi connectivity index (χ0) is 14.6. The number of hydrogen-bond acceptors (Lipinski definition) is 3. The van der Waals surface area contributed by atoms with E-state index < -0.39 is 0 Å². The van der Waals surface area contributed by atoms with E-state index in [1.54, 1.807) is 18.2 Å². The molecule has 5 heteroatoms. The third kappa shape index (κ3) is 4.22. The van der Waals surface area contributed by atoms with Crippen LogP contribution >= 0.6 is 12.4 Å². The van der Waals surface area contributed by atoms with Gasteiger partial charge in [-0.1, -0.05) is 19.6 Å². The van der Waals surface area contributed by atoms with Crippen molar-refractivity contribution in [1.82, 2.24) is 4.90 Å². The van der Waals surface area contributed by atoms with Gasteiger partial charge in [-0.2, -0.15) is 0 Å². The van der Waals surface area contributed by atoms with Crippen molar-refractivity contribution < 1.29 is 9.53 Å². The molecule has 1 heterocycles. The summed E-state index contributed by atoms with van der Waals surface area (Å²) in [4.78, 5) is 14.3. The van der Waals surface area contributed by atoms with E-state index in [0.29, 0.717) is 18.7 Å². The van der Waals surface area contributed by atoms with Crippen LogP contribution in [0.2, 0.25) is 0 Å². The number of nitrogens with zero attached hydrogens (tertiary/aromatic N) is 1. The fourth-order valence-electron chi connectivity index (χ4n) is 2.40. The van der Waals surface area contributed by atoms with Crippen LogP contribution < -0.4 is 10.5 Å². The highest BCUT2D eigenvalue weighted by atomic mass is 35.5. The predicted molar refractivity (Wildman–Crippen MR) is 87.1 cm³/mol. The maximum atomic E-state index is 12.4. The SMILES string of the molecule is C=CCOc1ccc(C(=O)N2CCC(C)(CN)C2)cc1.Cl. The first-order chi connectivity index (χ1) is 9.58. The Hall–Kier alpha value is -1.52. The first kappa shape index (κ1) is 17.5. The molecule has 1 aliphatic rings. The zero-order valence-electron chi connectivity index (χ0n) is 12.4. The molecule has 1 atom stereocenters. The molecule has 0 radical (unpaired) electrons. The van der Waals surface area contributed by atoms with E-state index in [1.165, 1.54) is 0 Å². The third-order valence-electron chi connectivity index (χ3n) is 3.81. The molecular formula is C16H23ClN2O2. The molecule has 1 fully saturated rings. The minimum Gasteiger partial charge on any atom is -0.490 e. The minimum atomic E-state index is 0. The summed E-state index contributed by atoms with van der Waals surface area (Å²) in [6, 6.07) is 7.24. The molecule has 0 aliphatic carbocycles. The Morgan fingerprint density at radius 2 is 2.14 bits per heavy atom. The number of halogens is 1. The molecular weight excluding hydrogens is 288 g/mol. The molecule has 1 aromatic rings. The molecule has 1 amide bonds. The van der Waals surface area contributed by atoms with Crippen molar-refractivity contribution in [2.24, 2.45) is 11.1 Å². The summed E-state index contributed by atoms with van der Waals surface area (Å²) in [7, 11) is 0. The summed E-state index contributed by atoms with van der Waals surface area (Å²) in [5, 5.41) is 0. The van der Waals surface area contributed by atoms with Gasteiger partial charge in [0, 0.05) is 18.7 Å². The number of amides is 1. The number of carbonyl (C=O) groups is 1. The summed E-state index contributed by atoms with van der Waals surface area (Å²) < 4.78 is 5.41. The number of carbonyl (C=O) groups excluding carboxylic acids is 1. The Bertz CT molecular complexity index is 490. The molecule has 0 saturated carbocycles. The van der Waals surface area contributed by atoms with Gasteiger partial charge in [-0.05, 0) is 42.6 Å². The lowest BCUT2D eigenvalue weighted by atomic mass is 9.90. The predicted octanol–water partition coefficient (Wildman–Crippen LogP) is 2.48. The summed E-state index contributed by atoms with van der Waals surface area (Å²) in [6.45, 7) is 8.33. The van der Waals surface area contributed by atoms with E-state index in [0.717, 1.165) is 25.3 Å². The molecule has 2 rings (SSSR count). The topological polar surface area (TPSA) is 55.6 Å². The number of rotatable bonds is 5. The van der Waals surface area contributed by atoms with Crippen molar-refractivity contribution >= 4 is 18.3 Å². The van der Waals surface area contributed by atoms with E-state index in [9.17, 15) is 4.79 Å². The normalized spacial score (nSPS) is 20.8. The zero-order valence-corrected chi connectivity index (χ0v) is 13.2. The van der Waals surface area contributed by atoms with E-state index in [-0.39, 0.29) is 23.7 Å². The second-order valence-corrected chi connectivity index (χ2v) is 5.62. The third-order valence-corrected chi connectivity index (χ3v) is 3.81. The van der Waals surface area contributed by atoms with Gasteiger partial charge in [0.2, 0.25) is 0 Å². The van der Waals surface area contributed by atoms with Crippen molar-refractivity contribution in [3.8, 4) is 5.75 Å². The molecule has 2 N–H and O–H groups in total. The summed E-state index contributed by atoms with van der Waals surface area (Å²) >= 11 is 0. The molecule has 1 unspecified atom stereocenters. The van der Waals surface area contributed by atoms with Gasteiger partial charge in [-0.15, -0.1) is 12.4 Å². The quantitative estimate of drug-likeness (QED) is 0.850. The number of likely N-dealkylation sites (tertiary alicyclic amines) is 1. The Balaban J connectivity index is 0.00000220. The van der Waals surface area contributed by atoms with Crippen LogP contribution in [0, 0.1) is 5.41 Å². The summed E-state index contributed by atoms with van der Waals surface area (Å²) in [6.07, 6.45) is 2.66. The van der Waals surface area contributed by atoms with Crippen LogP contribution in [0.5, 0.6) is 5.75 Å². The first-order valence-corrected chi connectivity index (χ1v) is 6.91. The average molecular weight is 311 g/mol. The van der Waals surface area contributed by atoms with E-state index in [4.69, 9.17) is 10.5 Å². The highest BCUT2D eigenvalue weighted by molar-refractivity contribution is 5.94. The molecule has 0 spiro atoms. The van der Waals surface area contributed by atoms with Gasteiger partial charge in [0.1, 0.15) is 12.4 Å². The maximum absolute atomic E-state index is 12.4. The first-order valence-electron chi connectivity index (χ1n) is 6.91. The molecule has 4 nitrogen and oxygen atoms in total. The summed E-state index contributed by atoms with van der Waals surface area (Å²) in [5.41, 5.74) is 6.52. The van der Waals surface area contributed by atoms with Gasteiger partial charge in [-0.3, -0.25) is 4.79 Å². The van der Waals surface area contributed by atoms with Crippen LogP contribution in [0.1, 0.15) is 23.7 Å². The Labute approximate surface area is 132 Å². The van der Waals surface area contributed by atoms with E-state index in [2.05, 4.69) is 13.5 Å². The Morgan fingerprint density at radius 1 is 1.48 bits per heavy atom. The monoisotopic (exact) mass is 310 g/mol. The lowest BCUT2D eigenvalue weighted by Gasteiger charge is -2.22. The van der Waals surface area contributed by atoms with E-state index in [1.807, 2.05) is 17.0 Å². The smallest absolute Gasteiger partial charge is 0.253 e. The molecule has 1 aliphatic heterocycles. The molecule has 1 aromatic carbocycles. The Morgan fingerprint density at radius 3 is 2.67 bits per heavy atom. The van der Waals surface area contributed by atoms with Crippen molar-refractivity contribution in [1.29, 1.82) is 0 Å². The number of benzene rings is 1. The van der Waals surface area contributed by atoms with Gasteiger partial charge < -0.3 is 15.4 Å². The van der Waals surface area contributed by atoms with Crippen LogP contribution in [0.4, 0.5) is 0 Å². The van der Waals surface area contributed by atoms with Crippen molar-refractivity contribution in [2.75, 3.05) is 26.2 Å². The van der Waals surface area contributed by atoms with Crippen LogP contribution in [0.3, 0.4) is 0 Å². The van der Waals surface area contributed by atoms with Crippen molar-refractivity contribution in [3.05, 3.63) is 42.5 Å². The number of nitrogens with two attached hydrogens (primary N) is 1. The van der Waals surface area contributed by atoms with Crippen molar-refractivity contribution in [3.63, 3.8) is 0 Å². The lowest BCUT2D eigenvalue weighted by molar-refractivity contribution is 0.0777. The number of hydrogen-bond donors (Lipinski definition) is 1.